The second-order valence-corrected chi connectivity index (χ2v) is 8.13. The number of alkyl halides is 3. The summed E-state index contributed by atoms with van der Waals surface area (Å²) in [5, 5.41) is 0. The number of rotatable bonds is 11. The van der Waals surface area contributed by atoms with Gasteiger partial charge in [-0.05, 0) is 31.5 Å². The van der Waals surface area contributed by atoms with Gasteiger partial charge in [-0.25, -0.2) is 0 Å². The number of unbranched alkanes of at least 4 members (excludes halogenated alkanes) is 6. The van der Waals surface area contributed by atoms with E-state index in [-0.39, 0.29) is 0 Å². The molecule has 1 unspecified atom stereocenters. The van der Waals surface area contributed by atoms with Crippen LogP contribution in [0.3, 0.4) is 0 Å². The van der Waals surface area contributed by atoms with E-state index in [9.17, 15) is 13.2 Å². The number of nitrogens with one attached hydrogen (secondary N) is 1. The first-order chi connectivity index (χ1) is 14.9. The van der Waals surface area contributed by atoms with Crippen molar-refractivity contribution in [3.63, 3.8) is 0 Å². The highest BCUT2D eigenvalue weighted by Crippen LogP contribution is 2.31. The van der Waals surface area contributed by atoms with Gasteiger partial charge < -0.3 is 4.90 Å². The van der Waals surface area contributed by atoms with Crippen molar-refractivity contribution in [2.45, 2.75) is 78.1 Å². The highest BCUT2D eigenvalue weighted by molar-refractivity contribution is 5.36. The van der Waals surface area contributed by atoms with Crippen molar-refractivity contribution in [1.82, 2.24) is 0 Å². The van der Waals surface area contributed by atoms with Crippen molar-refractivity contribution in [3.8, 4) is 11.8 Å². The lowest BCUT2D eigenvalue weighted by Gasteiger charge is -2.20. The first-order valence-corrected chi connectivity index (χ1v) is 11.5. The van der Waals surface area contributed by atoms with Crippen LogP contribution in [0.25, 0.3) is 0 Å². The van der Waals surface area contributed by atoms with Crippen molar-refractivity contribution >= 4 is 0 Å². The fourth-order valence-electron chi connectivity index (χ4n) is 3.69. The minimum Gasteiger partial charge on any atom is -0.328 e. The van der Waals surface area contributed by atoms with E-state index in [1.807, 2.05) is 31.2 Å². The highest BCUT2D eigenvalue weighted by Gasteiger charge is 2.33. The first kappa shape index (κ1) is 25.0. The lowest BCUT2D eigenvalue weighted by atomic mass is 10.1. The summed E-state index contributed by atoms with van der Waals surface area (Å²) in [6.07, 6.45) is 4.24. The Morgan fingerprint density at radius 1 is 0.806 bits per heavy atom. The van der Waals surface area contributed by atoms with Crippen molar-refractivity contribution in [2.75, 3.05) is 6.54 Å². The largest absolute Gasteiger partial charge is 0.416 e. The second-order valence-electron chi connectivity index (χ2n) is 8.13. The molecule has 0 saturated heterocycles. The summed E-state index contributed by atoms with van der Waals surface area (Å²) in [4.78, 5) is 1.10. The van der Waals surface area contributed by atoms with E-state index in [0.717, 1.165) is 35.4 Å². The van der Waals surface area contributed by atoms with Crippen molar-refractivity contribution in [2.24, 2.45) is 0 Å². The van der Waals surface area contributed by atoms with E-state index in [0.29, 0.717) is 18.7 Å². The van der Waals surface area contributed by atoms with Crippen LogP contribution >= 0.6 is 0 Å². The normalized spacial score (nSPS) is 12.3. The monoisotopic (exact) mass is 430 g/mol. The van der Waals surface area contributed by atoms with Crippen LogP contribution in [0.1, 0.15) is 81.0 Å². The summed E-state index contributed by atoms with van der Waals surface area (Å²) in [5.41, 5.74) is 1.93. The predicted molar refractivity (Wildman–Crippen MR) is 122 cm³/mol. The average Bonchev–Trinajstić information content (AvgIpc) is 2.76. The third-order valence-corrected chi connectivity index (χ3v) is 5.56. The zero-order valence-corrected chi connectivity index (χ0v) is 18.8. The fraction of sp³-hybridized carbons (Fsp3) is 0.481. The molecule has 2 aromatic rings. The summed E-state index contributed by atoms with van der Waals surface area (Å²) >= 11 is 0. The quantitative estimate of drug-likeness (QED) is 0.310. The van der Waals surface area contributed by atoms with E-state index in [1.165, 1.54) is 44.2 Å². The van der Waals surface area contributed by atoms with Gasteiger partial charge in [-0.1, -0.05) is 81.2 Å². The van der Waals surface area contributed by atoms with E-state index >= 15 is 0 Å². The Labute approximate surface area is 185 Å². The number of quaternary nitrogens is 1. The van der Waals surface area contributed by atoms with Crippen molar-refractivity contribution in [3.05, 3.63) is 70.8 Å². The Balaban J connectivity index is 1.87. The lowest BCUT2D eigenvalue weighted by molar-refractivity contribution is -0.925. The minimum absolute atomic E-state index is 0.351. The summed E-state index contributed by atoms with van der Waals surface area (Å²) in [6, 6.07) is 14.0. The molecular weight excluding hydrogens is 395 g/mol. The van der Waals surface area contributed by atoms with Gasteiger partial charge in [0.25, 0.3) is 0 Å². The smallest absolute Gasteiger partial charge is 0.328 e. The van der Waals surface area contributed by atoms with Gasteiger partial charge in [0.2, 0.25) is 0 Å². The van der Waals surface area contributed by atoms with E-state index < -0.39 is 11.7 Å². The Kier molecular flexibility index (Phi) is 10.7. The maximum absolute atomic E-state index is 13.3. The maximum Gasteiger partial charge on any atom is 0.416 e. The van der Waals surface area contributed by atoms with Gasteiger partial charge >= 0.3 is 6.18 Å². The van der Waals surface area contributed by atoms with Gasteiger partial charge in [0.15, 0.2) is 0 Å². The molecule has 0 saturated carbocycles. The molecule has 2 rings (SSSR count). The van der Waals surface area contributed by atoms with E-state index in [2.05, 4.69) is 18.8 Å². The van der Waals surface area contributed by atoms with Crippen LogP contribution in [-0.2, 0) is 19.3 Å². The molecule has 0 aliphatic heterocycles. The highest BCUT2D eigenvalue weighted by atomic mass is 19.4. The molecule has 0 bridgehead atoms. The Bertz CT molecular complexity index is 828. The van der Waals surface area contributed by atoms with E-state index in [4.69, 9.17) is 0 Å². The molecule has 168 valence electrons. The Morgan fingerprint density at radius 2 is 1.48 bits per heavy atom. The van der Waals surface area contributed by atoms with Gasteiger partial charge in [0, 0.05) is 23.1 Å². The fourth-order valence-corrected chi connectivity index (χ4v) is 3.69. The average molecular weight is 431 g/mol. The van der Waals surface area contributed by atoms with Gasteiger partial charge in [0.1, 0.15) is 13.1 Å². The summed E-state index contributed by atoms with van der Waals surface area (Å²) in [5.74, 6) is 6.48. The molecular formula is C27H35F3N+. The number of hydrogen-bond acceptors (Lipinski definition) is 0. The van der Waals surface area contributed by atoms with Crippen molar-refractivity contribution in [1.29, 1.82) is 0 Å². The third kappa shape index (κ3) is 9.19. The van der Waals surface area contributed by atoms with Crippen LogP contribution in [0.2, 0.25) is 0 Å². The molecule has 1 N–H and O–H groups in total. The lowest BCUT2D eigenvalue weighted by Crippen LogP contribution is -3.09. The molecule has 0 spiro atoms. The van der Waals surface area contributed by atoms with Crippen molar-refractivity contribution < 1.29 is 18.1 Å². The SMILES string of the molecule is CCCCCCCCC#Cc1ccc(C[NH+](CC)Cc2ccccc2C(F)(F)F)cc1. The summed E-state index contributed by atoms with van der Waals surface area (Å²) in [6.45, 7) is 6.03. The minimum atomic E-state index is -4.31. The number of halogens is 3. The Hall–Kier alpha value is -2.25. The Morgan fingerprint density at radius 3 is 2.16 bits per heavy atom. The van der Waals surface area contributed by atoms with Gasteiger partial charge in [0.05, 0.1) is 12.1 Å². The molecule has 0 aromatic heterocycles. The maximum atomic E-state index is 13.3. The molecule has 0 heterocycles. The molecule has 0 aliphatic rings. The molecule has 4 heteroatoms. The molecule has 0 fully saturated rings. The predicted octanol–water partition coefficient (Wildman–Crippen LogP) is 6.41. The van der Waals surface area contributed by atoms with Crippen LogP contribution in [0, 0.1) is 11.8 Å². The molecule has 0 radical (unpaired) electrons. The van der Waals surface area contributed by atoms with Crippen LogP contribution < -0.4 is 4.90 Å². The van der Waals surface area contributed by atoms with Crippen LogP contribution in [-0.4, -0.2) is 6.54 Å². The third-order valence-electron chi connectivity index (χ3n) is 5.56. The summed E-state index contributed by atoms with van der Waals surface area (Å²) < 4.78 is 39.8. The molecule has 1 atom stereocenters. The topological polar surface area (TPSA) is 4.44 Å². The first-order valence-electron chi connectivity index (χ1n) is 11.5. The van der Waals surface area contributed by atoms with E-state index in [1.54, 1.807) is 12.1 Å². The standard InChI is InChI=1S/C27H34F3N/c1-3-5-6-7-8-9-10-11-14-23-17-19-24(20-18-23)21-31(4-2)22-25-15-12-13-16-26(25)27(28,29)30/h12-13,15-20H,3-10,21-22H2,1-2H3/p+1. The number of benzene rings is 2. The van der Waals surface area contributed by atoms with Gasteiger partial charge in [-0.15, -0.1) is 0 Å². The summed E-state index contributed by atoms with van der Waals surface area (Å²) in [7, 11) is 0. The number of hydrogen-bond donors (Lipinski definition) is 1. The van der Waals surface area contributed by atoms with Crippen LogP contribution in [0.5, 0.6) is 0 Å². The van der Waals surface area contributed by atoms with Crippen LogP contribution in [0.4, 0.5) is 13.2 Å². The molecule has 2 aromatic carbocycles. The zero-order valence-electron chi connectivity index (χ0n) is 18.8. The molecule has 0 aliphatic carbocycles. The molecule has 1 nitrogen and oxygen atoms in total. The second kappa shape index (κ2) is 13.2. The molecule has 0 amide bonds. The van der Waals surface area contributed by atoms with Gasteiger partial charge in [-0.3, -0.25) is 0 Å². The zero-order chi connectivity index (χ0) is 22.5. The molecule has 31 heavy (non-hydrogen) atoms. The van der Waals surface area contributed by atoms with Crippen LogP contribution in [0.15, 0.2) is 48.5 Å². The van der Waals surface area contributed by atoms with Gasteiger partial charge in [-0.2, -0.15) is 13.2 Å².